The van der Waals surface area contributed by atoms with E-state index in [0.29, 0.717) is 13.0 Å². The minimum atomic E-state index is -0.521. The van der Waals surface area contributed by atoms with Crippen molar-refractivity contribution in [3.05, 3.63) is 107 Å². The molecule has 3 aromatic carbocycles. The van der Waals surface area contributed by atoms with Crippen LogP contribution in [0.3, 0.4) is 0 Å². The van der Waals surface area contributed by atoms with Crippen LogP contribution >= 0.6 is 0 Å². The first kappa shape index (κ1) is 21.1. The number of hydrogen-bond donors (Lipinski definition) is 0. The van der Waals surface area contributed by atoms with E-state index >= 15 is 0 Å². The highest BCUT2D eigenvalue weighted by atomic mass is 19.1. The molecule has 2 bridgehead atoms. The summed E-state index contributed by atoms with van der Waals surface area (Å²) in [6, 6.07) is 20.4. The van der Waals surface area contributed by atoms with E-state index in [2.05, 4.69) is 24.3 Å². The molecule has 172 valence electrons. The van der Waals surface area contributed by atoms with Gasteiger partial charge in [0.1, 0.15) is 18.2 Å². The van der Waals surface area contributed by atoms with E-state index < -0.39 is 11.6 Å². The van der Waals surface area contributed by atoms with Gasteiger partial charge < -0.3 is 4.74 Å². The molecule has 3 aromatic rings. The number of ether oxygens (including phenoxy) is 1. The molecule has 1 saturated heterocycles. The highest BCUT2D eigenvalue weighted by Gasteiger charge is 2.41. The molecule has 5 heteroatoms. The summed E-state index contributed by atoms with van der Waals surface area (Å²) in [6.45, 7) is 0.291. The van der Waals surface area contributed by atoms with Crippen LogP contribution < -0.4 is 0 Å². The summed E-state index contributed by atoms with van der Waals surface area (Å²) >= 11 is 0. The van der Waals surface area contributed by atoms with E-state index in [1.165, 1.54) is 40.5 Å². The van der Waals surface area contributed by atoms with Crippen LogP contribution in [-0.4, -0.2) is 29.7 Å². The van der Waals surface area contributed by atoms with Crippen LogP contribution in [0.25, 0.3) is 11.1 Å². The Kier molecular flexibility index (Phi) is 5.20. The van der Waals surface area contributed by atoms with Crippen molar-refractivity contribution in [1.82, 2.24) is 4.90 Å². The molecule has 2 unspecified atom stereocenters. The van der Waals surface area contributed by atoms with Crippen molar-refractivity contribution in [3.8, 4) is 11.1 Å². The molecule has 0 radical (unpaired) electrons. The lowest BCUT2D eigenvalue weighted by atomic mass is 9.95. The molecule has 2 atom stereocenters. The van der Waals surface area contributed by atoms with Crippen molar-refractivity contribution < 1.29 is 18.3 Å². The van der Waals surface area contributed by atoms with Gasteiger partial charge in [0.05, 0.1) is 6.04 Å². The van der Waals surface area contributed by atoms with Crippen molar-refractivity contribution in [3.63, 3.8) is 0 Å². The van der Waals surface area contributed by atoms with Gasteiger partial charge in [0, 0.05) is 17.5 Å². The Labute approximate surface area is 197 Å². The molecular formula is C29H25F2NO2. The number of rotatable bonds is 4. The fraction of sp³-hybridized carbons (Fsp3) is 0.276. The molecule has 2 aliphatic heterocycles. The standard InChI is InChI=1S/C29H25F2NO2/c30-27-10-5-11-28(31)25(27)16-18-14-19-12-13-20(15-18)32(19)29(33)34-17-26-23-8-3-1-6-21(23)22-7-2-4-9-24(22)26/h1-11,14,19-20,26H,12-13,15-17H2. The van der Waals surface area contributed by atoms with Gasteiger partial charge in [0.15, 0.2) is 0 Å². The predicted molar refractivity (Wildman–Crippen MR) is 126 cm³/mol. The van der Waals surface area contributed by atoms with E-state index in [9.17, 15) is 13.6 Å². The fourth-order valence-corrected chi connectivity index (χ4v) is 5.93. The van der Waals surface area contributed by atoms with E-state index in [1.54, 1.807) is 0 Å². The molecule has 2 heterocycles. The maximum atomic E-state index is 14.1. The van der Waals surface area contributed by atoms with Gasteiger partial charge >= 0.3 is 6.09 Å². The fourth-order valence-electron chi connectivity index (χ4n) is 5.93. The lowest BCUT2D eigenvalue weighted by Gasteiger charge is -2.33. The van der Waals surface area contributed by atoms with Crippen molar-refractivity contribution >= 4 is 6.09 Å². The van der Waals surface area contributed by atoms with Crippen LogP contribution in [0.5, 0.6) is 0 Å². The summed E-state index contributed by atoms with van der Waals surface area (Å²) in [5.41, 5.74) is 5.86. The van der Waals surface area contributed by atoms with Crippen LogP contribution in [0.1, 0.15) is 41.9 Å². The molecule has 0 aromatic heterocycles. The van der Waals surface area contributed by atoms with Gasteiger partial charge in [0.2, 0.25) is 0 Å². The summed E-state index contributed by atoms with van der Waals surface area (Å²) in [7, 11) is 0. The van der Waals surface area contributed by atoms with E-state index in [0.717, 1.165) is 18.4 Å². The number of carbonyl (C=O) groups is 1. The van der Waals surface area contributed by atoms with Crippen molar-refractivity contribution in [2.75, 3.05) is 6.61 Å². The second-order valence-electron chi connectivity index (χ2n) is 9.42. The Morgan fingerprint density at radius 1 is 0.882 bits per heavy atom. The Bertz CT molecular complexity index is 1240. The molecule has 3 aliphatic rings. The van der Waals surface area contributed by atoms with Gasteiger partial charge in [-0.2, -0.15) is 0 Å². The Hall–Kier alpha value is -3.47. The largest absolute Gasteiger partial charge is 0.448 e. The first-order valence-corrected chi connectivity index (χ1v) is 11.9. The molecular weight excluding hydrogens is 432 g/mol. The van der Waals surface area contributed by atoms with Gasteiger partial charge in [0.25, 0.3) is 0 Å². The maximum Gasteiger partial charge on any atom is 0.410 e. The first-order chi connectivity index (χ1) is 16.6. The average Bonchev–Trinajstić information content (AvgIpc) is 3.31. The Balaban J connectivity index is 1.17. The molecule has 0 N–H and O–H groups in total. The lowest BCUT2D eigenvalue weighted by molar-refractivity contribution is 0.0849. The lowest BCUT2D eigenvalue weighted by Crippen LogP contribution is -2.44. The minimum absolute atomic E-state index is 0.00971. The molecule has 0 spiro atoms. The number of hydrogen-bond acceptors (Lipinski definition) is 2. The van der Waals surface area contributed by atoms with Gasteiger partial charge in [-0.1, -0.05) is 66.2 Å². The zero-order valence-electron chi connectivity index (χ0n) is 18.7. The quantitative estimate of drug-likeness (QED) is 0.412. The molecule has 6 rings (SSSR count). The van der Waals surface area contributed by atoms with E-state index in [1.807, 2.05) is 35.2 Å². The van der Waals surface area contributed by atoms with E-state index in [-0.39, 0.29) is 36.1 Å². The molecule has 1 fully saturated rings. The van der Waals surface area contributed by atoms with Crippen LogP contribution in [0.15, 0.2) is 78.4 Å². The minimum Gasteiger partial charge on any atom is -0.448 e. The van der Waals surface area contributed by atoms with E-state index in [4.69, 9.17) is 4.74 Å². The Morgan fingerprint density at radius 3 is 2.18 bits per heavy atom. The number of halogens is 2. The van der Waals surface area contributed by atoms with Crippen LogP contribution in [-0.2, 0) is 11.2 Å². The highest BCUT2D eigenvalue weighted by Crippen LogP contribution is 2.45. The number of amides is 1. The third-order valence-corrected chi connectivity index (χ3v) is 7.48. The topological polar surface area (TPSA) is 29.5 Å². The smallest absolute Gasteiger partial charge is 0.410 e. The number of fused-ring (bicyclic) bond motifs is 5. The van der Waals surface area contributed by atoms with Crippen molar-refractivity contribution in [1.29, 1.82) is 0 Å². The highest BCUT2D eigenvalue weighted by molar-refractivity contribution is 5.79. The number of nitrogens with zero attached hydrogens (tertiary/aromatic N) is 1. The van der Waals surface area contributed by atoms with Gasteiger partial charge in [-0.05, 0) is 60.1 Å². The summed E-state index contributed by atoms with van der Waals surface area (Å²) < 4.78 is 34.1. The third kappa shape index (κ3) is 3.51. The molecule has 1 amide bonds. The maximum absolute atomic E-state index is 14.1. The van der Waals surface area contributed by atoms with Crippen molar-refractivity contribution in [2.45, 2.75) is 43.7 Å². The van der Waals surface area contributed by atoms with Crippen LogP contribution in [0, 0.1) is 11.6 Å². The zero-order chi connectivity index (χ0) is 23.2. The van der Waals surface area contributed by atoms with Crippen LogP contribution in [0.2, 0.25) is 0 Å². The summed E-state index contributed by atoms with van der Waals surface area (Å²) in [5.74, 6) is -1.02. The summed E-state index contributed by atoms with van der Waals surface area (Å²) in [5, 5.41) is 0. The molecule has 34 heavy (non-hydrogen) atoms. The number of benzene rings is 3. The zero-order valence-corrected chi connectivity index (χ0v) is 18.7. The van der Waals surface area contributed by atoms with Gasteiger partial charge in [-0.25, -0.2) is 13.6 Å². The van der Waals surface area contributed by atoms with Gasteiger partial charge in [-0.3, -0.25) is 4.90 Å². The predicted octanol–water partition coefficient (Wildman–Crippen LogP) is 6.62. The first-order valence-electron chi connectivity index (χ1n) is 11.9. The molecule has 1 aliphatic carbocycles. The summed E-state index contributed by atoms with van der Waals surface area (Å²) in [4.78, 5) is 15.0. The number of carbonyl (C=O) groups excluding carboxylic acids is 1. The average molecular weight is 458 g/mol. The third-order valence-electron chi connectivity index (χ3n) is 7.48. The van der Waals surface area contributed by atoms with Crippen LogP contribution in [0.4, 0.5) is 13.6 Å². The van der Waals surface area contributed by atoms with Crippen molar-refractivity contribution in [2.24, 2.45) is 0 Å². The molecule has 3 nitrogen and oxygen atoms in total. The normalized spacial score (nSPS) is 20.6. The molecule has 0 saturated carbocycles. The second-order valence-corrected chi connectivity index (χ2v) is 9.42. The summed E-state index contributed by atoms with van der Waals surface area (Å²) in [6.07, 6.45) is 4.28. The monoisotopic (exact) mass is 457 g/mol. The second kappa shape index (κ2) is 8.39. The Morgan fingerprint density at radius 2 is 1.53 bits per heavy atom. The van der Waals surface area contributed by atoms with Gasteiger partial charge in [-0.15, -0.1) is 0 Å². The SMILES string of the molecule is O=C(OCC1c2ccccc2-c2ccccc21)N1C2C=C(Cc3c(F)cccc3F)CC1CC2.